The first-order valence-electron chi connectivity index (χ1n) is 13.2. The second-order valence-electron chi connectivity index (χ2n) is 10.2. The summed E-state index contributed by atoms with van der Waals surface area (Å²) in [6, 6.07) is 49.5. The van der Waals surface area contributed by atoms with Crippen molar-refractivity contribution in [3.05, 3.63) is 167 Å². The highest BCUT2D eigenvalue weighted by Gasteiger charge is 2.46. The molecule has 0 radical (unpaired) electrons. The Hall–Kier alpha value is -4.59. The lowest BCUT2D eigenvalue weighted by atomic mass is 9.67. The van der Waals surface area contributed by atoms with Gasteiger partial charge < -0.3 is 4.42 Å². The largest absolute Gasteiger partial charge is 0.455 e. The van der Waals surface area contributed by atoms with Gasteiger partial charge >= 0.3 is 0 Å². The predicted octanol–water partition coefficient (Wildman–Crippen LogP) is 10.3. The molecule has 1 nitrogen and oxygen atoms in total. The van der Waals surface area contributed by atoms with Crippen LogP contribution in [-0.4, -0.2) is 0 Å². The van der Waals surface area contributed by atoms with Gasteiger partial charge in [-0.2, -0.15) is 0 Å². The zero-order chi connectivity index (χ0) is 26.0. The number of para-hydroxylation sites is 2. The molecule has 0 saturated heterocycles. The lowest BCUT2D eigenvalue weighted by Gasteiger charge is -2.34. The Kier molecular flexibility index (Phi) is 4.86. The van der Waals surface area contributed by atoms with Crippen molar-refractivity contribution in [1.82, 2.24) is 0 Å². The summed E-state index contributed by atoms with van der Waals surface area (Å²) in [6.07, 6.45) is 0. The number of fused-ring (bicyclic) bond motifs is 6. The van der Waals surface area contributed by atoms with Crippen LogP contribution in [0.4, 0.5) is 0 Å². The molecule has 184 valence electrons. The molecule has 0 N–H and O–H groups in total. The lowest BCUT2D eigenvalue weighted by molar-refractivity contribution is 0.670. The van der Waals surface area contributed by atoms with Crippen LogP contribution in [0, 0.1) is 0 Å². The van der Waals surface area contributed by atoms with Crippen molar-refractivity contribution >= 4 is 33.5 Å². The van der Waals surface area contributed by atoms with E-state index in [0.717, 1.165) is 38.1 Å². The lowest BCUT2D eigenvalue weighted by Crippen LogP contribution is -2.28. The molecule has 0 spiro atoms. The van der Waals surface area contributed by atoms with E-state index >= 15 is 0 Å². The quantitative estimate of drug-likeness (QED) is 0.227. The Balaban J connectivity index is 1.37. The predicted molar refractivity (Wildman–Crippen MR) is 161 cm³/mol. The van der Waals surface area contributed by atoms with E-state index < -0.39 is 5.41 Å². The molecule has 0 aliphatic heterocycles. The van der Waals surface area contributed by atoms with Crippen LogP contribution in [0.2, 0.25) is 5.02 Å². The minimum Gasteiger partial charge on any atom is -0.455 e. The van der Waals surface area contributed by atoms with Gasteiger partial charge in [0.2, 0.25) is 0 Å². The van der Waals surface area contributed by atoms with E-state index in [-0.39, 0.29) is 0 Å². The molecular weight excluding hydrogens is 496 g/mol. The number of benzene rings is 6. The first-order chi connectivity index (χ1) is 19.2. The van der Waals surface area contributed by atoms with Gasteiger partial charge in [-0.1, -0.05) is 133 Å². The van der Waals surface area contributed by atoms with Gasteiger partial charge in [-0.15, -0.1) is 0 Å². The van der Waals surface area contributed by atoms with Crippen LogP contribution in [0.5, 0.6) is 0 Å². The summed E-state index contributed by atoms with van der Waals surface area (Å²) in [7, 11) is 0. The molecular formula is C37H23ClO. The van der Waals surface area contributed by atoms with Crippen LogP contribution in [0.15, 0.2) is 144 Å². The number of hydrogen-bond acceptors (Lipinski definition) is 1. The van der Waals surface area contributed by atoms with E-state index in [1.165, 1.54) is 33.4 Å². The molecule has 6 aromatic carbocycles. The molecule has 1 aliphatic carbocycles. The molecule has 0 fully saturated rings. The average Bonchev–Trinajstić information content (AvgIpc) is 3.51. The maximum absolute atomic E-state index is 6.65. The third-order valence-electron chi connectivity index (χ3n) is 8.25. The van der Waals surface area contributed by atoms with Crippen molar-refractivity contribution in [2.45, 2.75) is 5.41 Å². The molecule has 1 heterocycles. The molecule has 0 saturated carbocycles. The van der Waals surface area contributed by atoms with E-state index in [1.807, 2.05) is 18.2 Å². The van der Waals surface area contributed by atoms with E-state index in [1.54, 1.807) is 0 Å². The van der Waals surface area contributed by atoms with Gasteiger partial charge in [-0.05, 0) is 57.1 Å². The number of rotatable bonds is 3. The molecule has 2 heteroatoms. The molecule has 39 heavy (non-hydrogen) atoms. The normalized spacial score (nSPS) is 15.9. The summed E-state index contributed by atoms with van der Waals surface area (Å²) < 4.78 is 6.35. The molecule has 0 bridgehead atoms. The van der Waals surface area contributed by atoms with Crippen molar-refractivity contribution in [1.29, 1.82) is 0 Å². The Morgan fingerprint density at radius 1 is 0.487 bits per heavy atom. The monoisotopic (exact) mass is 518 g/mol. The summed E-state index contributed by atoms with van der Waals surface area (Å²) in [5.41, 5.74) is 11.0. The molecule has 1 aliphatic rings. The maximum Gasteiger partial charge on any atom is 0.143 e. The van der Waals surface area contributed by atoms with Crippen LogP contribution < -0.4 is 0 Å². The highest BCUT2D eigenvalue weighted by molar-refractivity contribution is 6.30. The summed E-state index contributed by atoms with van der Waals surface area (Å²) in [4.78, 5) is 0. The molecule has 1 atom stereocenters. The minimum absolute atomic E-state index is 0.470. The Labute approximate surface area is 231 Å². The van der Waals surface area contributed by atoms with E-state index in [4.69, 9.17) is 16.0 Å². The van der Waals surface area contributed by atoms with Crippen LogP contribution >= 0.6 is 11.6 Å². The fourth-order valence-corrected chi connectivity index (χ4v) is 6.77. The van der Waals surface area contributed by atoms with E-state index in [0.29, 0.717) is 0 Å². The Morgan fingerprint density at radius 3 is 2.03 bits per heavy atom. The smallest absolute Gasteiger partial charge is 0.143 e. The molecule has 1 unspecified atom stereocenters. The van der Waals surface area contributed by atoms with Crippen LogP contribution in [0.1, 0.15) is 22.3 Å². The third-order valence-corrected chi connectivity index (χ3v) is 8.48. The van der Waals surface area contributed by atoms with Crippen molar-refractivity contribution in [3.63, 3.8) is 0 Å². The van der Waals surface area contributed by atoms with Crippen LogP contribution in [0.3, 0.4) is 0 Å². The second kappa shape index (κ2) is 8.46. The standard InChI is InChI=1S/C37H23ClO/c38-27-21-22-30-29-11-4-6-15-33(29)37(34(30)23-27,25-9-2-1-3-10-25)26-19-17-24(18-20-26)28-13-8-14-32-31-12-5-7-16-35(31)39-36(28)32/h1-23H. The number of hydrogen-bond donors (Lipinski definition) is 0. The van der Waals surface area contributed by atoms with Gasteiger partial charge in [-0.25, -0.2) is 0 Å². The molecule has 1 aromatic heterocycles. The molecule has 0 amide bonds. The average molecular weight is 519 g/mol. The first-order valence-corrected chi connectivity index (χ1v) is 13.6. The summed E-state index contributed by atoms with van der Waals surface area (Å²) >= 11 is 6.65. The fraction of sp³-hybridized carbons (Fsp3) is 0.0270. The van der Waals surface area contributed by atoms with Crippen molar-refractivity contribution < 1.29 is 4.42 Å². The SMILES string of the molecule is Clc1ccc2c(c1)C(c1ccccc1)(c1ccc(-c3cccc4c3oc3ccccc34)cc1)c1ccccc1-2. The maximum atomic E-state index is 6.65. The van der Waals surface area contributed by atoms with Gasteiger partial charge in [0.1, 0.15) is 11.2 Å². The van der Waals surface area contributed by atoms with Gasteiger partial charge in [0.15, 0.2) is 0 Å². The van der Waals surface area contributed by atoms with Gasteiger partial charge in [0, 0.05) is 21.4 Å². The third kappa shape index (κ3) is 3.14. The van der Waals surface area contributed by atoms with Gasteiger partial charge in [0.05, 0.1) is 5.41 Å². The highest BCUT2D eigenvalue weighted by Crippen LogP contribution is 2.56. The van der Waals surface area contributed by atoms with E-state index in [2.05, 4.69) is 121 Å². The van der Waals surface area contributed by atoms with Crippen molar-refractivity contribution in [2.24, 2.45) is 0 Å². The molecule has 8 rings (SSSR count). The van der Waals surface area contributed by atoms with Crippen LogP contribution in [-0.2, 0) is 5.41 Å². The van der Waals surface area contributed by atoms with Crippen molar-refractivity contribution in [2.75, 3.05) is 0 Å². The Morgan fingerprint density at radius 2 is 1.15 bits per heavy atom. The summed E-state index contributed by atoms with van der Waals surface area (Å²) in [5.74, 6) is 0. The van der Waals surface area contributed by atoms with Crippen molar-refractivity contribution in [3.8, 4) is 22.3 Å². The minimum atomic E-state index is -0.470. The highest BCUT2D eigenvalue weighted by atomic mass is 35.5. The summed E-state index contributed by atoms with van der Waals surface area (Å²) in [5, 5.41) is 3.03. The Bertz CT molecular complexity index is 2020. The molecule has 7 aromatic rings. The first kappa shape index (κ1) is 22.4. The van der Waals surface area contributed by atoms with E-state index in [9.17, 15) is 0 Å². The summed E-state index contributed by atoms with van der Waals surface area (Å²) in [6.45, 7) is 0. The fourth-order valence-electron chi connectivity index (χ4n) is 6.60. The van der Waals surface area contributed by atoms with Gasteiger partial charge in [0.25, 0.3) is 0 Å². The number of furan rings is 1. The number of halogens is 1. The zero-order valence-corrected chi connectivity index (χ0v) is 21.8. The topological polar surface area (TPSA) is 13.1 Å². The second-order valence-corrected chi connectivity index (χ2v) is 10.6. The van der Waals surface area contributed by atoms with Crippen LogP contribution in [0.25, 0.3) is 44.2 Å². The van der Waals surface area contributed by atoms with Gasteiger partial charge in [-0.3, -0.25) is 0 Å². The zero-order valence-electron chi connectivity index (χ0n) is 21.1.